The number of likely N-dealkylation sites (N-methyl/N-ethyl adjacent to an activating group) is 1. The fourth-order valence-electron chi connectivity index (χ4n) is 2.00. The molecule has 0 spiro atoms. The molecule has 1 saturated heterocycles. The Bertz CT molecular complexity index is 410. The summed E-state index contributed by atoms with van der Waals surface area (Å²) in [6.07, 6.45) is 3.54. The van der Waals surface area contributed by atoms with E-state index >= 15 is 0 Å². The molecule has 0 atom stereocenters. The molecule has 0 unspecified atom stereocenters. The van der Waals surface area contributed by atoms with Crippen molar-refractivity contribution in [2.75, 3.05) is 46.3 Å². The van der Waals surface area contributed by atoms with Crippen LogP contribution in [0.15, 0.2) is 23.6 Å². The molecule has 1 aliphatic rings. The Morgan fingerprint density at radius 3 is 3.00 bits per heavy atom. The quantitative estimate of drug-likeness (QED) is 0.821. The molecule has 0 radical (unpaired) electrons. The number of carbonyl (C=O) groups is 1. The third-order valence-electron chi connectivity index (χ3n) is 3.27. The maximum absolute atomic E-state index is 11.9. The average molecular weight is 279 g/mol. The van der Waals surface area contributed by atoms with Crippen molar-refractivity contribution in [1.82, 2.24) is 15.1 Å². The molecule has 19 heavy (non-hydrogen) atoms. The van der Waals surface area contributed by atoms with Crippen molar-refractivity contribution in [3.05, 3.63) is 28.5 Å². The van der Waals surface area contributed by atoms with E-state index in [9.17, 15) is 4.79 Å². The van der Waals surface area contributed by atoms with Crippen molar-refractivity contribution >= 4 is 23.3 Å². The van der Waals surface area contributed by atoms with Gasteiger partial charge in [0, 0.05) is 57.3 Å². The minimum absolute atomic E-state index is 0.0727. The van der Waals surface area contributed by atoms with E-state index in [1.807, 2.05) is 30.6 Å². The topological polar surface area (TPSA) is 35.6 Å². The van der Waals surface area contributed by atoms with Crippen molar-refractivity contribution in [1.29, 1.82) is 0 Å². The van der Waals surface area contributed by atoms with Gasteiger partial charge in [-0.2, -0.15) is 0 Å². The summed E-state index contributed by atoms with van der Waals surface area (Å²) in [6, 6.07) is 4.00. The molecule has 5 heteroatoms. The van der Waals surface area contributed by atoms with Gasteiger partial charge in [-0.05, 0) is 17.5 Å². The summed E-state index contributed by atoms with van der Waals surface area (Å²) in [4.78, 5) is 17.2. The fourth-order valence-corrected chi connectivity index (χ4v) is 2.62. The number of nitrogens with one attached hydrogen (secondary N) is 1. The fraction of sp³-hybridized carbons (Fsp3) is 0.500. The SMILES string of the molecule is CN(CCN1CCNCC1)C(=O)C=Cc1cccs1. The van der Waals surface area contributed by atoms with Crippen LogP contribution in [-0.2, 0) is 4.79 Å². The van der Waals surface area contributed by atoms with E-state index in [4.69, 9.17) is 0 Å². The Hall–Kier alpha value is -1.17. The molecule has 1 aromatic rings. The maximum atomic E-state index is 11.9. The molecule has 1 N–H and O–H groups in total. The maximum Gasteiger partial charge on any atom is 0.246 e. The van der Waals surface area contributed by atoms with Gasteiger partial charge < -0.3 is 10.2 Å². The first kappa shape index (κ1) is 14.2. The molecule has 0 saturated carbocycles. The van der Waals surface area contributed by atoms with Crippen LogP contribution in [0.1, 0.15) is 4.88 Å². The largest absolute Gasteiger partial charge is 0.341 e. The third kappa shape index (κ3) is 4.78. The molecule has 2 heterocycles. The van der Waals surface area contributed by atoms with Crippen LogP contribution in [0.5, 0.6) is 0 Å². The Morgan fingerprint density at radius 1 is 1.53 bits per heavy atom. The Kier molecular flexibility index (Phi) is 5.57. The van der Waals surface area contributed by atoms with Crippen LogP contribution in [0, 0.1) is 0 Å². The lowest BCUT2D eigenvalue weighted by Crippen LogP contribution is -2.46. The van der Waals surface area contributed by atoms with E-state index in [2.05, 4.69) is 10.2 Å². The second-order valence-electron chi connectivity index (χ2n) is 4.70. The van der Waals surface area contributed by atoms with Crippen LogP contribution in [0.25, 0.3) is 6.08 Å². The molecule has 1 aromatic heterocycles. The zero-order valence-electron chi connectivity index (χ0n) is 11.3. The summed E-state index contributed by atoms with van der Waals surface area (Å²) < 4.78 is 0. The van der Waals surface area contributed by atoms with Crippen LogP contribution in [0.2, 0.25) is 0 Å². The number of amides is 1. The number of nitrogens with zero attached hydrogens (tertiary/aromatic N) is 2. The third-order valence-corrected chi connectivity index (χ3v) is 4.11. The second-order valence-corrected chi connectivity index (χ2v) is 5.68. The average Bonchev–Trinajstić information content (AvgIpc) is 2.96. The van der Waals surface area contributed by atoms with Gasteiger partial charge in [0.15, 0.2) is 0 Å². The van der Waals surface area contributed by atoms with Gasteiger partial charge in [-0.3, -0.25) is 9.69 Å². The number of carbonyl (C=O) groups excluding carboxylic acids is 1. The molecular weight excluding hydrogens is 258 g/mol. The number of thiophene rings is 1. The first-order chi connectivity index (χ1) is 9.25. The highest BCUT2D eigenvalue weighted by Gasteiger charge is 2.11. The van der Waals surface area contributed by atoms with E-state index in [-0.39, 0.29) is 5.91 Å². The first-order valence-corrected chi connectivity index (χ1v) is 7.53. The summed E-state index contributed by atoms with van der Waals surface area (Å²) in [5.41, 5.74) is 0. The second kappa shape index (κ2) is 7.43. The molecule has 104 valence electrons. The van der Waals surface area contributed by atoms with Crippen molar-refractivity contribution in [3.8, 4) is 0 Å². The van der Waals surface area contributed by atoms with Gasteiger partial charge in [0.1, 0.15) is 0 Å². The van der Waals surface area contributed by atoms with Gasteiger partial charge in [0.25, 0.3) is 0 Å². The van der Waals surface area contributed by atoms with Crippen LogP contribution < -0.4 is 5.32 Å². The minimum atomic E-state index is 0.0727. The van der Waals surface area contributed by atoms with Gasteiger partial charge >= 0.3 is 0 Å². The number of hydrogen-bond donors (Lipinski definition) is 1. The molecule has 4 nitrogen and oxygen atoms in total. The van der Waals surface area contributed by atoms with Crippen molar-refractivity contribution < 1.29 is 4.79 Å². The molecule has 0 aromatic carbocycles. The lowest BCUT2D eigenvalue weighted by Gasteiger charge is -2.28. The molecule has 1 amide bonds. The summed E-state index contributed by atoms with van der Waals surface area (Å²) in [7, 11) is 1.86. The number of hydrogen-bond acceptors (Lipinski definition) is 4. The van der Waals surface area contributed by atoms with Gasteiger partial charge in [0.05, 0.1) is 0 Å². The molecule has 0 bridgehead atoms. The monoisotopic (exact) mass is 279 g/mol. The number of rotatable bonds is 5. The van der Waals surface area contributed by atoms with Gasteiger partial charge in [-0.1, -0.05) is 6.07 Å². The summed E-state index contributed by atoms with van der Waals surface area (Å²) >= 11 is 1.64. The summed E-state index contributed by atoms with van der Waals surface area (Å²) in [5.74, 6) is 0.0727. The van der Waals surface area contributed by atoms with Gasteiger partial charge in [-0.15, -0.1) is 11.3 Å². The van der Waals surface area contributed by atoms with Crippen LogP contribution in [0.4, 0.5) is 0 Å². The molecule has 1 fully saturated rings. The standard InChI is InChI=1S/C14H21N3OS/c1-16(10-11-17-8-6-15-7-9-17)14(18)5-4-13-3-2-12-19-13/h2-5,12,15H,6-11H2,1H3. The zero-order chi connectivity index (χ0) is 13.5. The van der Waals surface area contributed by atoms with E-state index in [1.165, 1.54) is 0 Å². The molecular formula is C14H21N3OS. The van der Waals surface area contributed by atoms with Gasteiger partial charge in [0.2, 0.25) is 5.91 Å². The number of piperazine rings is 1. The lowest BCUT2D eigenvalue weighted by molar-refractivity contribution is -0.124. The highest BCUT2D eigenvalue weighted by Crippen LogP contribution is 2.10. The minimum Gasteiger partial charge on any atom is -0.341 e. The summed E-state index contributed by atoms with van der Waals surface area (Å²) in [5, 5.41) is 5.34. The normalized spacial score (nSPS) is 16.9. The van der Waals surface area contributed by atoms with E-state index in [1.54, 1.807) is 22.3 Å². The highest BCUT2D eigenvalue weighted by atomic mass is 32.1. The van der Waals surface area contributed by atoms with Gasteiger partial charge in [-0.25, -0.2) is 0 Å². The van der Waals surface area contributed by atoms with Crippen molar-refractivity contribution in [3.63, 3.8) is 0 Å². The van der Waals surface area contributed by atoms with Crippen LogP contribution >= 0.6 is 11.3 Å². The van der Waals surface area contributed by atoms with E-state index < -0.39 is 0 Å². The highest BCUT2D eigenvalue weighted by molar-refractivity contribution is 7.10. The predicted molar refractivity (Wildman–Crippen MR) is 80.3 cm³/mol. The smallest absolute Gasteiger partial charge is 0.246 e. The molecule has 2 rings (SSSR count). The molecule has 0 aliphatic carbocycles. The summed E-state index contributed by atoms with van der Waals surface area (Å²) in [6.45, 7) is 6.00. The van der Waals surface area contributed by atoms with E-state index in [0.29, 0.717) is 0 Å². The first-order valence-electron chi connectivity index (χ1n) is 6.65. The Labute approximate surface area is 118 Å². The predicted octanol–water partition coefficient (Wildman–Crippen LogP) is 1.12. The lowest BCUT2D eigenvalue weighted by atomic mass is 10.3. The Morgan fingerprint density at radius 2 is 2.32 bits per heavy atom. The van der Waals surface area contributed by atoms with Crippen LogP contribution in [-0.4, -0.2) is 62.0 Å². The van der Waals surface area contributed by atoms with Crippen molar-refractivity contribution in [2.45, 2.75) is 0 Å². The zero-order valence-corrected chi connectivity index (χ0v) is 12.2. The molecule has 1 aliphatic heterocycles. The van der Waals surface area contributed by atoms with E-state index in [0.717, 1.165) is 44.1 Å². The Balaban J connectivity index is 1.72. The van der Waals surface area contributed by atoms with Crippen LogP contribution in [0.3, 0.4) is 0 Å². The van der Waals surface area contributed by atoms with Crippen molar-refractivity contribution in [2.24, 2.45) is 0 Å².